The van der Waals surface area contributed by atoms with E-state index < -0.39 is 6.10 Å². The zero-order chi connectivity index (χ0) is 28.8. The van der Waals surface area contributed by atoms with Crippen LogP contribution in [0.5, 0.6) is 0 Å². The first-order valence-electron chi connectivity index (χ1n) is 17.1. The van der Waals surface area contributed by atoms with Crippen molar-refractivity contribution >= 4 is 5.97 Å². The quantitative estimate of drug-likeness (QED) is 0.0660. The minimum atomic E-state index is -0.397. The summed E-state index contributed by atoms with van der Waals surface area (Å²) in [6.45, 7) is 4.16. The third-order valence-corrected chi connectivity index (χ3v) is 8.66. The first-order chi connectivity index (χ1) is 19.5. The van der Waals surface area contributed by atoms with E-state index in [2.05, 4.69) is 19.1 Å². The normalized spacial score (nSPS) is 22.6. The van der Waals surface area contributed by atoms with Crippen molar-refractivity contribution in [2.45, 2.75) is 192 Å². The van der Waals surface area contributed by atoms with E-state index in [-0.39, 0.29) is 30.4 Å². The topological polar surface area (TPSA) is 76.0 Å². The summed E-state index contributed by atoms with van der Waals surface area (Å²) in [5.74, 6) is -0.168. The number of esters is 1. The van der Waals surface area contributed by atoms with E-state index in [9.17, 15) is 15.0 Å². The molecule has 1 saturated heterocycles. The van der Waals surface area contributed by atoms with E-state index in [1.807, 2.05) is 13.0 Å². The van der Waals surface area contributed by atoms with Gasteiger partial charge in [0.15, 0.2) is 0 Å². The molecule has 0 radical (unpaired) electrons. The van der Waals surface area contributed by atoms with Gasteiger partial charge >= 0.3 is 5.97 Å². The fourth-order valence-corrected chi connectivity index (χ4v) is 6.08. The maximum absolute atomic E-state index is 11.6. The molecule has 2 rings (SSSR count). The summed E-state index contributed by atoms with van der Waals surface area (Å²) in [5, 5.41) is 21.2. The summed E-state index contributed by atoms with van der Waals surface area (Å²) in [4.78, 5) is 11.6. The molecule has 2 heterocycles. The van der Waals surface area contributed by atoms with E-state index in [1.54, 1.807) is 0 Å². The van der Waals surface area contributed by atoms with E-state index in [1.165, 1.54) is 89.9 Å². The van der Waals surface area contributed by atoms with Gasteiger partial charge in [-0.05, 0) is 57.9 Å². The summed E-state index contributed by atoms with van der Waals surface area (Å²) >= 11 is 0. The van der Waals surface area contributed by atoms with Crippen LogP contribution in [0, 0.1) is 0 Å². The van der Waals surface area contributed by atoms with Crippen molar-refractivity contribution in [3.8, 4) is 0 Å². The highest BCUT2D eigenvalue weighted by atomic mass is 16.5. The van der Waals surface area contributed by atoms with Crippen LogP contribution in [-0.2, 0) is 14.3 Å². The molecule has 0 aromatic heterocycles. The van der Waals surface area contributed by atoms with Gasteiger partial charge < -0.3 is 19.7 Å². The number of ether oxygens (including phenoxy) is 2. The smallest absolute Gasteiger partial charge is 0.334 e. The number of aliphatic hydroxyl groups is 2. The molecule has 0 aromatic rings. The molecule has 232 valence electrons. The maximum Gasteiger partial charge on any atom is 0.334 e. The highest BCUT2D eigenvalue weighted by Gasteiger charge is 2.34. The van der Waals surface area contributed by atoms with E-state index >= 15 is 0 Å². The molecule has 40 heavy (non-hydrogen) atoms. The number of cyclic esters (lactones) is 1. The molecule has 5 atom stereocenters. The fourth-order valence-electron chi connectivity index (χ4n) is 6.08. The Kier molecular flexibility index (Phi) is 19.6. The van der Waals surface area contributed by atoms with Gasteiger partial charge in [0.25, 0.3) is 0 Å². The Morgan fingerprint density at radius 2 is 1.23 bits per heavy atom. The fraction of sp³-hybridized carbons (Fsp3) is 0.857. The zero-order valence-electron chi connectivity index (χ0n) is 26.0. The van der Waals surface area contributed by atoms with Crippen LogP contribution in [0.1, 0.15) is 162 Å². The maximum atomic E-state index is 11.6. The number of aliphatic hydroxyl groups excluding tert-OH is 2. The lowest BCUT2D eigenvalue weighted by Crippen LogP contribution is -2.31. The number of hydrogen-bond acceptors (Lipinski definition) is 5. The summed E-state index contributed by atoms with van der Waals surface area (Å²) in [5.41, 5.74) is 0.783. The molecule has 5 heteroatoms. The highest BCUT2D eigenvalue weighted by molar-refractivity contribution is 5.91. The average molecular weight is 563 g/mol. The van der Waals surface area contributed by atoms with Crippen LogP contribution in [0.4, 0.5) is 0 Å². The molecule has 0 spiro atoms. The van der Waals surface area contributed by atoms with Crippen LogP contribution < -0.4 is 0 Å². The summed E-state index contributed by atoms with van der Waals surface area (Å²) in [6, 6.07) is 0. The molecule has 0 aromatic carbocycles. The second-order valence-electron chi connectivity index (χ2n) is 12.4. The van der Waals surface area contributed by atoms with Crippen LogP contribution in [0.25, 0.3) is 0 Å². The van der Waals surface area contributed by atoms with Crippen molar-refractivity contribution in [3.05, 3.63) is 23.8 Å². The molecule has 2 aliphatic rings. The Balaban J connectivity index is 1.37. The average Bonchev–Trinajstić information content (AvgIpc) is 3.56. The first-order valence-corrected chi connectivity index (χ1v) is 17.1. The lowest BCUT2D eigenvalue weighted by molar-refractivity contribution is -0.139. The number of allylic oxidation sites excluding steroid dienone is 2. The second-order valence-corrected chi connectivity index (χ2v) is 12.4. The molecule has 5 nitrogen and oxygen atoms in total. The zero-order valence-corrected chi connectivity index (χ0v) is 26.0. The Morgan fingerprint density at radius 3 is 1.70 bits per heavy atom. The largest absolute Gasteiger partial charge is 0.455 e. The number of carbonyl (C=O) groups is 1. The standard InChI is InChI=1S/C35H62O5/c1-3-4-5-6-7-8-12-15-18-21-24-31(36)33-26-27-34(40-33)32(37)25-22-19-16-13-10-9-11-14-17-20-23-30-28-29(2)39-35(30)38/h17,20,28-29,31-34,36-37H,3-16,18-19,21-27H2,1-2H3/b20-17+/t29-,31-,32+,33-,34+/m1/s1. The second kappa shape index (κ2) is 22.4. The predicted molar refractivity (Wildman–Crippen MR) is 165 cm³/mol. The van der Waals surface area contributed by atoms with Crippen LogP contribution in [0.2, 0.25) is 0 Å². The Morgan fingerprint density at radius 1 is 0.750 bits per heavy atom. The lowest BCUT2D eigenvalue weighted by atomic mass is 10.00. The van der Waals surface area contributed by atoms with E-state index in [0.717, 1.165) is 56.9 Å². The van der Waals surface area contributed by atoms with E-state index in [0.29, 0.717) is 6.42 Å². The third kappa shape index (κ3) is 15.7. The molecule has 0 aliphatic carbocycles. The van der Waals surface area contributed by atoms with Gasteiger partial charge in [-0.15, -0.1) is 0 Å². The molecule has 2 N–H and O–H groups in total. The number of hydrogen-bond donors (Lipinski definition) is 2. The number of rotatable bonds is 25. The minimum Gasteiger partial charge on any atom is -0.455 e. The van der Waals surface area contributed by atoms with Crippen molar-refractivity contribution in [1.29, 1.82) is 0 Å². The number of carbonyl (C=O) groups excluding carboxylic acids is 1. The number of unbranched alkanes of at least 4 members (excludes halogenated alkanes) is 16. The lowest BCUT2D eigenvalue weighted by Gasteiger charge is -2.22. The van der Waals surface area contributed by atoms with Crippen molar-refractivity contribution in [2.75, 3.05) is 0 Å². The molecular formula is C35H62O5. The molecule has 0 bridgehead atoms. The van der Waals surface area contributed by atoms with Crippen LogP contribution >= 0.6 is 0 Å². The first kappa shape index (κ1) is 35.0. The van der Waals surface area contributed by atoms with Gasteiger partial charge in [0.2, 0.25) is 0 Å². The van der Waals surface area contributed by atoms with Gasteiger partial charge in [0, 0.05) is 5.57 Å². The van der Waals surface area contributed by atoms with Crippen LogP contribution in [0.3, 0.4) is 0 Å². The van der Waals surface area contributed by atoms with Gasteiger partial charge in [0.05, 0.1) is 24.4 Å². The Bertz CT molecular complexity index is 702. The Labute approximate surface area is 246 Å². The summed E-state index contributed by atoms with van der Waals surface area (Å²) in [6.07, 6.45) is 31.8. The van der Waals surface area contributed by atoms with Crippen molar-refractivity contribution in [2.24, 2.45) is 0 Å². The Hall–Kier alpha value is -1.17. The molecule has 1 fully saturated rings. The van der Waals surface area contributed by atoms with E-state index in [4.69, 9.17) is 9.47 Å². The monoisotopic (exact) mass is 562 g/mol. The molecule has 0 unspecified atom stereocenters. The van der Waals surface area contributed by atoms with Crippen LogP contribution in [0.15, 0.2) is 23.8 Å². The molecule has 2 aliphatic heterocycles. The van der Waals surface area contributed by atoms with Gasteiger partial charge in [-0.25, -0.2) is 4.79 Å². The summed E-state index contributed by atoms with van der Waals surface area (Å²) in [7, 11) is 0. The van der Waals surface area contributed by atoms with Crippen molar-refractivity contribution in [1.82, 2.24) is 0 Å². The third-order valence-electron chi connectivity index (χ3n) is 8.66. The summed E-state index contributed by atoms with van der Waals surface area (Å²) < 4.78 is 11.2. The molecular weight excluding hydrogens is 500 g/mol. The van der Waals surface area contributed by atoms with Crippen molar-refractivity contribution in [3.63, 3.8) is 0 Å². The minimum absolute atomic E-state index is 0.0782. The predicted octanol–water partition coefficient (Wildman–Crippen LogP) is 8.90. The van der Waals surface area contributed by atoms with Gasteiger partial charge in [0.1, 0.15) is 6.10 Å². The van der Waals surface area contributed by atoms with Crippen molar-refractivity contribution < 1.29 is 24.5 Å². The van der Waals surface area contributed by atoms with Crippen LogP contribution in [-0.4, -0.2) is 46.7 Å². The molecule has 0 saturated carbocycles. The van der Waals surface area contributed by atoms with Gasteiger partial charge in [-0.2, -0.15) is 0 Å². The molecule has 0 amide bonds. The highest BCUT2D eigenvalue weighted by Crippen LogP contribution is 2.28. The van der Waals surface area contributed by atoms with Gasteiger partial charge in [-0.3, -0.25) is 0 Å². The SMILES string of the molecule is CCCCCCCCCCCC[C@@H](O)[C@H]1CC[C@@H]([C@@H](O)CCCCCCCCC/C=C/CC2=C[C@@H](C)OC2=O)O1. The van der Waals surface area contributed by atoms with Gasteiger partial charge in [-0.1, -0.05) is 122 Å².